The Morgan fingerprint density at radius 2 is 1.77 bits per heavy atom. The maximum absolute atomic E-state index is 12.9. The second kappa shape index (κ2) is 10.4. The molecule has 2 aromatic rings. The molecule has 1 aromatic carbocycles. The van der Waals surface area contributed by atoms with Gasteiger partial charge in [-0.15, -0.1) is 0 Å². The van der Waals surface area contributed by atoms with Crippen LogP contribution >= 0.6 is 0 Å². The van der Waals surface area contributed by atoms with Crippen molar-refractivity contribution in [3.63, 3.8) is 0 Å². The molecule has 2 rings (SSSR count). The summed E-state index contributed by atoms with van der Waals surface area (Å²) in [4.78, 5) is 28.3. The molecule has 6 heteroatoms. The van der Waals surface area contributed by atoms with Crippen LogP contribution in [0, 0.1) is 0 Å². The molecule has 0 spiro atoms. The Morgan fingerprint density at radius 1 is 1.00 bits per heavy atom. The molecule has 0 bridgehead atoms. The zero-order valence-electron chi connectivity index (χ0n) is 15.4. The average Bonchev–Trinajstić information content (AvgIpc) is 3.15. The minimum atomic E-state index is -0.180. The van der Waals surface area contributed by atoms with E-state index in [2.05, 4.69) is 0 Å². The largest absolute Gasteiger partial charge is 0.467 e. The van der Waals surface area contributed by atoms with Gasteiger partial charge in [0, 0.05) is 20.2 Å². The maximum Gasteiger partial charge on any atom is 0.249 e. The topological polar surface area (TPSA) is 63.0 Å². The van der Waals surface area contributed by atoms with Gasteiger partial charge in [-0.1, -0.05) is 37.3 Å². The summed E-state index contributed by atoms with van der Waals surface area (Å²) in [5, 5.41) is 0. The number of furan rings is 1. The lowest BCUT2D eigenvalue weighted by Gasteiger charge is -2.27. The van der Waals surface area contributed by atoms with Crippen molar-refractivity contribution in [2.24, 2.45) is 0 Å². The van der Waals surface area contributed by atoms with Gasteiger partial charge in [0.15, 0.2) is 0 Å². The molecule has 0 radical (unpaired) electrons. The summed E-state index contributed by atoms with van der Waals surface area (Å²) in [7, 11) is 1.47. The second-order valence-corrected chi connectivity index (χ2v) is 6.06. The van der Waals surface area contributed by atoms with Crippen molar-refractivity contribution in [1.29, 1.82) is 0 Å². The maximum atomic E-state index is 12.9. The molecule has 0 atom stereocenters. The van der Waals surface area contributed by atoms with E-state index in [9.17, 15) is 9.59 Å². The van der Waals surface area contributed by atoms with Crippen molar-refractivity contribution >= 4 is 11.8 Å². The summed E-state index contributed by atoms with van der Waals surface area (Å²) in [5.74, 6) is 0.406. The summed E-state index contributed by atoms with van der Waals surface area (Å²) in [6.45, 7) is 3.32. The van der Waals surface area contributed by atoms with E-state index in [0.29, 0.717) is 25.4 Å². The van der Waals surface area contributed by atoms with Crippen molar-refractivity contribution < 1.29 is 18.7 Å². The Bertz CT molecular complexity index is 670. The van der Waals surface area contributed by atoms with Crippen LogP contribution in [0.25, 0.3) is 0 Å². The van der Waals surface area contributed by atoms with Crippen molar-refractivity contribution in [3.05, 3.63) is 60.1 Å². The molecule has 26 heavy (non-hydrogen) atoms. The third-order valence-electron chi connectivity index (χ3n) is 3.94. The van der Waals surface area contributed by atoms with Crippen LogP contribution in [0.4, 0.5) is 0 Å². The first-order valence-electron chi connectivity index (χ1n) is 8.74. The Balaban J connectivity index is 2.11. The molecular weight excluding hydrogens is 332 g/mol. The summed E-state index contributed by atoms with van der Waals surface area (Å²) < 4.78 is 10.3. The van der Waals surface area contributed by atoms with E-state index in [4.69, 9.17) is 9.15 Å². The predicted octanol–water partition coefficient (Wildman–Crippen LogP) is 2.69. The summed E-state index contributed by atoms with van der Waals surface area (Å²) in [5.41, 5.74) is 1.03. The van der Waals surface area contributed by atoms with Gasteiger partial charge in [-0.25, -0.2) is 0 Å². The first-order valence-corrected chi connectivity index (χ1v) is 8.74. The van der Waals surface area contributed by atoms with Crippen molar-refractivity contribution in [2.75, 3.05) is 26.8 Å². The fourth-order valence-corrected chi connectivity index (χ4v) is 2.67. The van der Waals surface area contributed by atoms with E-state index in [-0.39, 0.29) is 25.0 Å². The van der Waals surface area contributed by atoms with Crippen molar-refractivity contribution in [1.82, 2.24) is 9.80 Å². The highest BCUT2D eigenvalue weighted by Crippen LogP contribution is 2.12. The Kier molecular flexibility index (Phi) is 7.89. The standard InChI is InChI=1S/C20H26N2O4/c1-3-11-21(20(24)16-25-2)15-19(23)22(14-18-10-7-12-26-18)13-17-8-5-4-6-9-17/h4-10,12H,3,11,13-16H2,1-2H3. The van der Waals surface area contributed by atoms with Crippen LogP contribution in [0.5, 0.6) is 0 Å². The quantitative estimate of drug-likeness (QED) is 0.655. The highest BCUT2D eigenvalue weighted by Gasteiger charge is 2.21. The smallest absolute Gasteiger partial charge is 0.249 e. The number of ether oxygens (including phenoxy) is 1. The summed E-state index contributed by atoms with van der Waals surface area (Å²) >= 11 is 0. The predicted molar refractivity (Wildman–Crippen MR) is 98.2 cm³/mol. The lowest BCUT2D eigenvalue weighted by molar-refractivity contribution is -0.143. The Morgan fingerprint density at radius 3 is 2.38 bits per heavy atom. The molecule has 0 aliphatic rings. The van der Waals surface area contributed by atoms with Crippen LogP contribution in [0.2, 0.25) is 0 Å². The number of carbonyl (C=O) groups is 2. The summed E-state index contributed by atoms with van der Waals surface area (Å²) in [6, 6.07) is 13.4. The third kappa shape index (κ3) is 6.04. The zero-order chi connectivity index (χ0) is 18.8. The fourth-order valence-electron chi connectivity index (χ4n) is 2.67. The lowest BCUT2D eigenvalue weighted by atomic mass is 10.2. The fraction of sp³-hybridized carbons (Fsp3) is 0.400. The molecule has 0 aliphatic heterocycles. The minimum Gasteiger partial charge on any atom is -0.467 e. The minimum absolute atomic E-state index is 0.0237. The molecule has 1 aromatic heterocycles. The van der Waals surface area contributed by atoms with Gasteiger partial charge in [0.25, 0.3) is 0 Å². The van der Waals surface area contributed by atoms with E-state index in [1.807, 2.05) is 43.3 Å². The van der Waals surface area contributed by atoms with E-state index in [1.165, 1.54) is 7.11 Å². The van der Waals surface area contributed by atoms with Crippen LogP contribution in [-0.4, -0.2) is 48.4 Å². The normalized spacial score (nSPS) is 10.5. The number of benzene rings is 1. The molecule has 0 saturated carbocycles. The average molecular weight is 358 g/mol. The van der Waals surface area contributed by atoms with Gasteiger partial charge in [-0.05, 0) is 24.1 Å². The lowest BCUT2D eigenvalue weighted by Crippen LogP contribution is -2.43. The van der Waals surface area contributed by atoms with Gasteiger partial charge in [-0.2, -0.15) is 0 Å². The van der Waals surface area contributed by atoms with Crippen LogP contribution < -0.4 is 0 Å². The molecule has 1 heterocycles. The monoisotopic (exact) mass is 358 g/mol. The molecule has 0 aliphatic carbocycles. The first-order chi connectivity index (χ1) is 12.6. The van der Waals surface area contributed by atoms with Gasteiger partial charge >= 0.3 is 0 Å². The van der Waals surface area contributed by atoms with E-state index < -0.39 is 0 Å². The molecular formula is C20H26N2O4. The van der Waals surface area contributed by atoms with Crippen LogP contribution in [-0.2, 0) is 27.4 Å². The van der Waals surface area contributed by atoms with Gasteiger partial charge in [0.1, 0.15) is 12.4 Å². The molecule has 0 unspecified atom stereocenters. The number of carbonyl (C=O) groups excluding carboxylic acids is 2. The number of hydrogen-bond donors (Lipinski definition) is 0. The number of nitrogens with zero attached hydrogens (tertiary/aromatic N) is 2. The first kappa shape index (κ1) is 19.7. The number of rotatable bonds is 10. The SMILES string of the molecule is CCCN(CC(=O)N(Cc1ccccc1)Cc1ccco1)C(=O)COC. The van der Waals surface area contributed by atoms with E-state index >= 15 is 0 Å². The van der Waals surface area contributed by atoms with Crippen molar-refractivity contribution in [3.8, 4) is 0 Å². The van der Waals surface area contributed by atoms with Gasteiger partial charge in [-0.3, -0.25) is 9.59 Å². The molecule has 140 valence electrons. The number of amides is 2. The summed E-state index contributed by atoms with van der Waals surface area (Å²) in [6.07, 6.45) is 2.37. The second-order valence-electron chi connectivity index (χ2n) is 6.06. The van der Waals surface area contributed by atoms with Crippen molar-refractivity contribution in [2.45, 2.75) is 26.4 Å². The van der Waals surface area contributed by atoms with Gasteiger partial charge in [0.05, 0.1) is 19.4 Å². The van der Waals surface area contributed by atoms with Gasteiger partial charge in [0.2, 0.25) is 11.8 Å². The molecule has 2 amide bonds. The van der Waals surface area contributed by atoms with Crippen LogP contribution in [0.15, 0.2) is 53.1 Å². The zero-order valence-corrected chi connectivity index (χ0v) is 15.4. The number of methoxy groups -OCH3 is 1. The molecule has 0 fully saturated rings. The van der Waals surface area contributed by atoms with E-state index in [0.717, 1.165) is 12.0 Å². The highest BCUT2D eigenvalue weighted by atomic mass is 16.5. The third-order valence-corrected chi connectivity index (χ3v) is 3.94. The van der Waals surface area contributed by atoms with Crippen LogP contribution in [0.3, 0.4) is 0 Å². The molecule has 6 nitrogen and oxygen atoms in total. The van der Waals surface area contributed by atoms with Crippen LogP contribution in [0.1, 0.15) is 24.7 Å². The Labute approximate surface area is 154 Å². The molecule has 0 N–H and O–H groups in total. The Hall–Kier alpha value is -2.60. The van der Waals surface area contributed by atoms with Gasteiger partial charge < -0.3 is 19.0 Å². The molecule has 0 saturated heterocycles. The highest BCUT2D eigenvalue weighted by molar-refractivity contribution is 5.85. The number of hydrogen-bond acceptors (Lipinski definition) is 4. The van der Waals surface area contributed by atoms with E-state index in [1.54, 1.807) is 22.1 Å².